The van der Waals surface area contributed by atoms with Crippen molar-refractivity contribution in [1.29, 1.82) is 0 Å². The lowest BCUT2D eigenvalue weighted by Gasteiger charge is -2.15. The van der Waals surface area contributed by atoms with Crippen molar-refractivity contribution in [3.8, 4) is 0 Å². The lowest BCUT2D eigenvalue weighted by Crippen LogP contribution is -2.09. The van der Waals surface area contributed by atoms with Crippen molar-refractivity contribution in [2.45, 2.75) is 6.92 Å². The quantitative estimate of drug-likeness (QED) is 0.484. The Kier molecular flexibility index (Phi) is 6.56. The van der Waals surface area contributed by atoms with Crippen LogP contribution in [0.15, 0.2) is 42.7 Å². The zero-order chi connectivity index (χ0) is 22.5. The van der Waals surface area contributed by atoms with Gasteiger partial charge in [-0.15, -0.1) is 0 Å². The molecule has 0 radical (unpaired) electrons. The van der Waals surface area contributed by atoms with Crippen LogP contribution in [-0.4, -0.2) is 36.1 Å². The molecule has 0 saturated heterocycles. The molecule has 0 saturated carbocycles. The zero-order valence-electron chi connectivity index (χ0n) is 17.0. The second-order valence-corrected chi connectivity index (χ2v) is 6.84. The number of hydrogen-bond donors (Lipinski definition) is 3. The Morgan fingerprint density at radius 1 is 0.968 bits per heavy atom. The van der Waals surface area contributed by atoms with Crippen LogP contribution in [0.25, 0.3) is 0 Å². The number of methoxy groups -OCH3 is 2. The van der Waals surface area contributed by atoms with E-state index >= 15 is 0 Å². The number of nitrogens with zero attached hydrogens (tertiary/aromatic N) is 2. The van der Waals surface area contributed by atoms with Gasteiger partial charge in [0.05, 0.1) is 25.3 Å². The largest absolute Gasteiger partial charge is 0.465 e. The van der Waals surface area contributed by atoms with Gasteiger partial charge in [-0.05, 0) is 42.8 Å². The van der Waals surface area contributed by atoms with E-state index in [2.05, 4.69) is 20.6 Å². The third-order valence-corrected chi connectivity index (χ3v) is 4.85. The van der Waals surface area contributed by atoms with Crippen LogP contribution in [0.2, 0.25) is 5.02 Å². The molecule has 1 aromatic heterocycles. The smallest absolute Gasteiger partial charge is 0.337 e. The summed E-state index contributed by atoms with van der Waals surface area (Å²) in [6.07, 6.45) is 1.33. The maximum atomic E-state index is 12.0. The van der Waals surface area contributed by atoms with Gasteiger partial charge in [0.1, 0.15) is 12.0 Å². The Balaban J connectivity index is 1.96. The van der Waals surface area contributed by atoms with E-state index in [1.54, 1.807) is 12.1 Å². The van der Waals surface area contributed by atoms with Gasteiger partial charge in [0.15, 0.2) is 11.6 Å². The van der Waals surface area contributed by atoms with Crippen LogP contribution >= 0.6 is 11.6 Å². The maximum absolute atomic E-state index is 12.0. The number of nitrogen functional groups attached to an aromatic ring is 1. The van der Waals surface area contributed by atoms with Crippen molar-refractivity contribution in [1.82, 2.24) is 9.97 Å². The molecule has 10 heteroatoms. The normalized spacial score (nSPS) is 10.3. The van der Waals surface area contributed by atoms with E-state index in [1.807, 2.05) is 13.0 Å². The number of carbonyl (C=O) groups is 2. The molecule has 0 unspecified atom stereocenters. The number of hydrogen-bond acceptors (Lipinski definition) is 9. The van der Waals surface area contributed by atoms with E-state index in [0.29, 0.717) is 16.5 Å². The van der Waals surface area contributed by atoms with E-state index < -0.39 is 11.9 Å². The number of carbonyl (C=O) groups excluding carboxylic acids is 2. The highest BCUT2D eigenvalue weighted by Crippen LogP contribution is 2.31. The highest BCUT2D eigenvalue weighted by Gasteiger charge is 2.16. The lowest BCUT2D eigenvalue weighted by molar-refractivity contribution is 0.0599. The van der Waals surface area contributed by atoms with E-state index in [4.69, 9.17) is 26.8 Å². The molecule has 31 heavy (non-hydrogen) atoms. The molecular formula is C21H20ClN5O4. The minimum absolute atomic E-state index is 0.161. The number of nitrogens with one attached hydrogen (secondary N) is 2. The average molecular weight is 442 g/mol. The number of benzene rings is 2. The first-order chi connectivity index (χ1) is 14.8. The number of halogens is 1. The lowest BCUT2D eigenvalue weighted by atomic mass is 10.1. The molecular weight excluding hydrogens is 422 g/mol. The third kappa shape index (κ3) is 4.84. The monoisotopic (exact) mass is 441 g/mol. The molecule has 0 amide bonds. The highest BCUT2D eigenvalue weighted by molar-refractivity contribution is 6.31. The van der Waals surface area contributed by atoms with Gasteiger partial charge < -0.3 is 25.8 Å². The summed E-state index contributed by atoms with van der Waals surface area (Å²) < 4.78 is 9.50. The minimum atomic E-state index is -0.608. The van der Waals surface area contributed by atoms with Gasteiger partial charge in [0.2, 0.25) is 0 Å². The van der Waals surface area contributed by atoms with Crippen LogP contribution in [-0.2, 0) is 9.47 Å². The van der Waals surface area contributed by atoms with Crippen molar-refractivity contribution in [2.24, 2.45) is 0 Å². The van der Waals surface area contributed by atoms with Crippen LogP contribution in [0.1, 0.15) is 26.3 Å². The number of esters is 2. The summed E-state index contributed by atoms with van der Waals surface area (Å²) in [7, 11) is 2.50. The first-order valence-corrected chi connectivity index (χ1v) is 9.43. The SMILES string of the molecule is COC(=O)c1cc(Nc2ncnc(Nc3cccc(Cl)c3C)c2N)cc(C(=O)OC)c1. The molecule has 3 aromatic rings. The fourth-order valence-electron chi connectivity index (χ4n) is 2.77. The molecule has 3 rings (SSSR count). The molecule has 1 heterocycles. The summed E-state index contributed by atoms with van der Waals surface area (Å²) in [5, 5.41) is 6.74. The second-order valence-electron chi connectivity index (χ2n) is 6.43. The molecule has 0 bridgehead atoms. The number of rotatable bonds is 6. The van der Waals surface area contributed by atoms with Crippen LogP contribution < -0.4 is 16.4 Å². The van der Waals surface area contributed by atoms with Crippen LogP contribution in [0.3, 0.4) is 0 Å². The Bertz CT molecular complexity index is 1120. The molecule has 160 valence electrons. The van der Waals surface area contributed by atoms with E-state index in [0.717, 1.165) is 11.3 Å². The fraction of sp³-hybridized carbons (Fsp3) is 0.143. The van der Waals surface area contributed by atoms with Crippen LogP contribution in [0.4, 0.5) is 28.7 Å². The van der Waals surface area contributed by atoms with E-state index in [1.165, 1.54) is 38.7 Å². The van der Waals surface area contributed by atoms with Gasteiger partial charge in [0, 0.05) is 16.4 Å². The highest BCUT2D eigenvalue weighted by atomic mass is 35.5. The van der Waals surface area contributed by atoms with Crippen molar-refractivity contribution in [2.75, 3.05) is 30.6 Å². The third-order valence-electron chi connectivity index (χ3n) is 4.44. The second kappa shape index (κ2) is 9.31. The fourth-order valence-corrected chi connectivity index (χ4v) is 2.95. The predicted molar refractivity (Wildman–Crippen MR) is 118 cm³/mol. The van der Waals surface area contributed by atoms with Gasteiger partial charge in [-0.3, -0.25) is 0 Å². The molecule has 0 atom stereocenters. The zero-order valence-corrected chi connectivity index (χ0v) is 17.8. The summed E-state index contributed by atoms with van der Waals surface area (Å²) in [5.74, 6) is -0.582. The minimum Gasteiger partial charge on any atom is -0.465 e. The molecule has 0 aliphatic rings. The molecule has 0 aliphatic carbocycles. The van der Waals surface area contributed by atoms with Gasteiger partial charge >= 0.3 is 11.9 Å². The topological polar surface area (TPSA) is 128 Å². The van der Waals surface area contributed by atoms with Gasteiger partial charge in [-0.2, -0.15) is 0 Å². The molecule has 0 spiro atoms. The molecule has 4 N–H and O–H groups in total. The summed E-state index contributed by atoms with van der Waals surface area (Å²) in [6, 6.07) is 9.83. The Labute approximate surface area is 183 Å². The number of aromatic nitrogens is 2. The van der Waals surface area contributed by atoms with Gasteiger partial charge in [0.25, 0.3) is 0 Å². The first kappa shape index (κ1) is 21.8. The van der Waals surface area contributed by atoms with Crippen molar-refractivity contribution in [3.63, 3.8) is 0 Å². The average Bonchev–Trinajstić information content (AvgIpc) is 2.78. The standard InChI is InChI=1S/C21H20ClN5O4/c1-11-15(22)5-4-6-16(11)27-19-17(23)18(24-10-25-19)26-14-8-12(20(28)30-2)7-13(9-14)21(29)31-3/h4-10H,23H2,1-3H3,(H2,24,25,26,27). The Morgan fingerprint density at radius 2 is 1.55 bits per heavy atom. The molecule has 0 fully saturated rings. The van der Waals surface area contributed by atoms with Crippen molar-refractivity contribution in [3.05, 3.63) is 64.4 Å². The number of anilines is 5. The van der Waals surface area contributed by atoms with Gasteiger partial charge in [-0.25, -0.2) is 19.6 Å². The Morgan fingerprint density at radius 3 is 2.13 bits per heavy atom. The summed E-state index contributed by atoms with van der Waals surface area (Å²) in [6.45, 7) is 1.87. The van der Waals surface area contributed by atoms with Crippen LogP contribution in [0, 0.1) is 6.92 Å². The molecule has 9 nitrogen and oxygen atoms in total. The Hall–Kier alpha value is -3.85. The van der Waals surface area contributed by atoms with Crippen LogP contribution in [0.5, 0.6) is 0 Å². The first-order valence-electron chi connectivity index (χ1n) is 9.05. The van der Waals surface area contributed by atoms with E-state index in [-0.39, 0.29) is 22.6 Å². The summed E-state index contributed by atoms with van der Waals surface area (Å²) >= 11 is 6.17. The summed E-state index contributed by atoms with van der Waals surface area (Å²) in [4.78, 5) is 32.3. The molecule has 2 aromatic carbocycles. The van der Waals surface area contributed by atoms with Crippen molar-refractivity contribution < 1.29 is 19.1 Å². The number of nitrogens with two attached hydrogens (primary N) is 1. The predicted octanol–water partition coefficient (Wildman–Crippen LogP) is 4.08. The van der Waals surface area contributed by atoms with Gasteiger partial charge in [-0.1, -0.05) is 17.7 Å². The van der Waals surface area contributed by atoms with E-state index in [9.17, 15) is 9.59 Å². The molecule has 0 aliphatic heterocycles. The van der Waals surface area contributed by atoms with Crippen molar-refractivity contribution >= 4 is 52.2 Å². The number of ether oxygens (including phenoxy) is 2. The maximum Gasteiger partial charge on any atom is 0.337 e. The summed E-state index contributed by atoms with van der Waals surface area (Å²) in [5.41, 5.74) is 8.76.